The van der Waals surface area contributed by atoms with E-state index >= 15 is 0 Å². The lowest BCUT2D eigenvalue weighted by molar-refractivity contribution is -0.140. The molecule has 494 valence electrons. The number of hydrogen-bond acceptors (Lipinski definition) is 13. The lowest BCUT2D eigenvalue weighted by Crippen LogP contribution is -2.16. The maximum Gasteiger partial charge on any atom is 0.349 e. The fourth-order valence-corrected chi connectivity index (χ4v) is 9.67. The van der Waals surface area contributed by atoms with Crippen molar-refractivity contribution >= 4 is 40.9 Å². The molecule has 0 saturated heterocycles. The predicted molar refractivity (Wildman–Crippen MR) is 372 cm³/mol. The number of esters is 3. The molecule has 0 fully saturated rings. The van der Waals surface area contributed by atoms with Crippen LogP contribution in [0.25, 0.3) is 22.1 Å². The highest BCUT2D eigenvalue weighted by Gasteiger charge is 2.38. The van der Waals surface area contributed by atoms with Gasteiger partial charge in [-0.25, -0.2) is 14.4 Å². The van der Waals surface area contributed by atoms with Crippen LogP contribution >= 0.6 is 0 Å². The molecule has 14 heteroatoms. The summed E-state index contributed by atoms with van der Waals surface area (Å²) in [7, 11) is 6.30. The van der Waals surface area contributed by atoms with Crippen LogP contribution in [-0.4, -0.2) is 77.1 Å². The zero-order valence-corrected chi connectivity index (χ0v) is 53.7. The third-order valence-corrected chi connectivity index (χ3v) is 14.9. The maximum absolute atomic E-state index is 12.8. The highest BCUT2D eigenvalue weighted by Crippen LogP contribution is 2.50. The summed E-state index contributed by atoms with van der Waals surface area (Å²) in [6, 6.07) is 45.9. The first-order valence-electron chi connectivity index (χ1n) is 30.4. The first-order valence-corrected chi connectivity index (χ1v) is 30.4. The molecule has 0 bridgehead atoms. The van der Waals surface area contributed by atoms with Gasteiger partial charge in [-0.15, -0.1) is 0 Å². The number of unbranched alkanes of at least 4 members (excludes halogenated alkanes) is 2. The Kier molecular flexibility index (Phi) is 38.0. The average Bonchev–Trinajstić information content (AvgIpc) is 1.60. The van der Waals surface area contributed by atoms with Gasteiger partial charge in [0.25, 0.3) is 5.70 Å². The van der Waals surface area contributed by atoms with Gasteiger partial charge in [-0.1, -0.05) is 212 Å². The SMILES string of the molecule is C.C.C.CCCCC(CC)COC(=O)/C=C/c1ccc(OC)cc1.CCCCC(CC)COC(=O)C(C#N)=C(c1ccccc1)c1ccccc1.COc1ccc(C(=O)c2ccccc2)c(O)c1.[C-]#[N+]/C(C(=O)OCCC)=C1/CC(C)(C)c2cc(OC)c(OC)cc21. The molecule has 14 nitrogen and oxygen atoms in total. The van der Waals surface area contributed by atoms with Crippen LogP contribution in [-0.2, 0) is 34.0 Å². The molecular weight excluding hydrogens is 1160 g/mol. The molecule has 92 heavy (non-hydrogen) atoms. The van der Waals surface area contributed by atoms with E-state index in [1.165, 1.54) is 32.1 Å². The fraction of sp³-hybridized carbons (Fsp3) is 0.385. The van der Waals surface area contributed by atoms with E-state index in [1.807, 2.05) is 110 Å². The van der Waals surface area contributed by atoms with Crippen molar-refractivity contribution in [1.82, 2.24) is 0 Å². The summed E-state index contributed by atoms with van der Waals surface area (Å²) in [5, 5.41) is 19.5. The van der Waals surface area contributed by atoms with Gasteiger partial charge in [0.15, 0.2) is 17.3 Å². The number of hydrogen-bond donors (Lipinski definition) is 1. The minimum absolute atomic E-state index is 0. The van der Waals surface area contributed by atoms with Gasteiger partial charge in [0.2, 0.25) is 0 Å². The van der Waals surface area contributed by atoms with Crippen LogP contribution < -0.4 is 18.9 Å². The number of carbonyl (C=O) groups excluding carboxylic acids is 4. The number of ether oxygens (including phenoxy) is 7. The summed E-state index contributed by atoms with van der Waals surface area (Å²) in [6.07, 6.45) is 13.4. The van der Waals surface area contributed by atoms with Crippen molar-refractivity contribution in [2.75, 3.05) is 48.3 Å². The van der Waals surface area contributed by atoms with Gasteiger partial charge in [-0.3, -0.25) is 9.59 Å². The van der Waals surface area contributed by atoms with Crippen LogP contribution in [0, 0.1) is 29.7 Å². The second-order valence-electron chi connectivity index (χ2n) is 21.7. The predicted octanol–water partition coefficient (Wildman–Crippen LogP) is 18.7. The average molecular weight is 1260 g/mol. The van der Waals surface area contributed by atoms with E-state index in [2.05, 4.69) is 52.5 Å². The van der Waals surface area contributed by atoms with Crippen molar-refractivity contribution in [2.24, 2.45) is 11.8 Å². The van der Waals surface area contributed by atoms with E-state index in [1.54, 1.807) is 63.8 Å². The Morgan fingerprint density at radius 3 is 1.58 bits per heavy atom. The minimum atomic E-state index is -0.555. The van der Waals surface area contributed by atoms with Crippen molar-refractivity contribution in [3.05, 3.63) is 213 Å². The van der Waals surface area contributed by atoms with Gasteiger partial charge in [0.1, 0.15) is 28.9 Å². The Balaban J connectivity index is 0.000000614. The molecule has 1 N–H and O–H groups in total. The summed E-state index contributed by atoms with van der Waals surface area (Å²) < 4.78 is 36.8. The molecule has 6 aromatic rings. The zero-order valence-electron chi connectivity index (χ0n) is 53.7. The van der Waals surface area contributed by atoms with Gasteiger partial charge < -0.3 is 38.3 Å². The standard InChI is InChI=1S/C24H27NO2.C19H23NO4.C18H26O3.C14H12O3.3CH4/c1-3-5-12-19(4-2)18-27-24(26)22(17-25)23(20-13-8-6-9-14-20)21-15-10-7-11-16-21;1-7-8-24-18(21)17(20-4)13-11-19(2,3)14-10-16(23-6)15(22-5)9-12(13)14;1-4-6-7-15(5-2)14-21-18(19)13-10-16-8-11-17(20-3)12-9-16;1-17-11-7-8-12(13(15)9-11)14(16)10-5-3-2-4-6-10;;;/h6-11,13-16,19H,3-5,12,18H2,1-2H3;9-10H,7-8,11H2,1-3,5-6H3;8-13,15H,4-7,14H2,1-3H3;2-9,15H,1H3;3*1H4/b;17-13-;13-10+;;;;. The monoisotopic (exact) mass is 1260 g/mol. The van der Waals surface area contributed by atoms with Gasteiger partial charge in [-0.2, -0.15) is 5.26 Å². The number of benzene rings is 6. The van der Waals surface area contributed by atoms with Gasteiger partial charge in [-0.05, 0) is 119 Å². The normalized spacial score (nSPS) is 12.4. The van der Waals surface area contributed by atoms with Crippen molar-refractivity contribution in [3.63, 3.8) is 0 Å². The number of phenols is 1. The molecule has 0 heterocycles. The molecule has 0 amide bonds. The molecule has 0 radical (unpaired) electrons. The lowest BCUT2D eigenvalue weighted by atomic mass is 9.86. The summed E-state index contributed by atoms with van der Waals surface area (Å²) in [5.41, 5.74) is 6.57. The van der Waals surface area contributed by atoms with E-state index in [4.69, 9.17) is 39.7 Å². The van der Waals surface area contributed by atoms with E-state index in [-0.39, 0.29) is 62.0 Å². The Labute approximate surface area is 549 Å². The Morgan fingerprint density at radius 1 is 0.620 bits per heavy atom. The van der Waals surface area contributed by atoms with Crippen LogP contribution in [0.4, 0.5) is 0 Å². The largest absolute Gasteiger partial charge is 0.507 e. The molecule has 1 aliphatic rings. The van der Waals surface area contributed by atoms with Crippen LogP contribution in [0.3, 0.4) is 0 Å². The third-order valence-electron chi connectivity index (χ3n) is 14.9. The van der Waals surface area contributed by atoms with E-state index in [9.17, 15) is 29.5 Å². The number of rotatable bonds is 26. The molecule has 7 rings (SSSR count). The summed E-state index contributed by atoms with van der Waals surface area (Å²) >= 11 is 0. The van der Waals surface area contributed by atoms with E-state index in [0.717, 1.165) is 78.5 Å². The smallest absolute Gasteiger partial charge is 0.349 e. The Hall–Kier alpha value is -9.40. The number of nitrogens with zero attached hydrogens (tertiary/aromatic N) is 2. The number of allylic oxidation sites excluding steroid dienone is 1. The molecule has 0 spiro atoms. The molecule has 1 aliphatic carbocycles. The second kappa shape index (κ2) is 43.3. The van der Waals surface area contributed by atoms with Gasteiger partial charge in [0.05, 0.1) is 60.4 Å². The first-order chi connectivity index (χ1) is 43.0. The molecule has 0 aromatic heterocycles. The highest BCUT2D eigenvalue weighted by atomic mass is 16.5. The Bertz CT molecular complexity index is 3330. The Morgan fingerprint density at radius 2 is 1.12 bits per heavy atom. The van der Waals surface area contributed by atoms with Crippen molar-refractivity contribution in [3.8, 4) is 34.8 Å². The second-order valence-corrected chi connectivity index (χ2v) is 21.7. The van der Waals surface area contributed by atoms with Crippen LogP contribution in [0.1, 0.15) is 179 Å². The number of carbonyl (C=O) groups is 4. The van der Waals surface area contributed by atoms with Crippen molar-refractivity contribution in [2.45, 2.75) is 140 Å². The van der Waals surface area contributed by atoms with Crippen LogP contribution in [0.15, 0.2) is 163 Å². The number of aromatic hydroxyl groups is 1. The van der Waals surface area contributed by atoms with Crippen LogP contribution in [0.2, 0.25) is 0 Å². The quantitative estimate of drug-likeness (QED) is 0.0135. The van der Waals surface area contributed by atoms with Crippen molar-refractivity contribution < 1.29 is 57.4 Å². The number of nitriles is 1. The fourth-order valence-electron chi connectivity index (χ4n) is 9.67. The van der Waals surface area contributed by atoms with E-state index < -0.39 is 11.9 Å². The number of fused-ring (bicyclic) bond motifs is 1. The topological polar surface area (TPSA) is 181 Å². The summed E-state index contributed by atoms with van der Waals surface area (Å²) in [5.74, 6) is 1.71. The molecular formula is C78H100N2O12. The summed E-state index contributed by atoms with van der Waals surface area (Å²) in [4.78, 5) is 52.3. The lowest BCUT2D eigenvalue weighted by Gasteiger charge is -2.19. The first kappa shape index (κ1) is 80.6. The molecule has 2 unspecified atom stereocenters. The number of methoxy groups -OCH3 is 4. The van der Waals surface area contributed by atoms with E-state index in [0.29, 0.717) is 72.0 Å². The van der Waals surface area contributed by atoms with Crippen molar-refractivity contribution in [1.29, 1.82) is 5.26 Å². The molecule has 0 aliphatic heterocycles. The minimum Gasteiger partial charge on any atom is -0.507 e. The third kappa shape index (κ3) is 24.8. The maximum atomic E-state index is 12.8. The summed E-state index contributed by atoms with van der Waals surface area (Å²) in [6.45, 7) is 23.3. The number of ketones is 1. The van der Waals surface area contributed by atoms with Gasteiger partial charge >= 0.3 is 17.9 Å². The zero-order chi connectivity index (χ0) is 65.1. The molecule has 2 atom stereocenters. The van der Waals surface area contributed by atoms with Gasteiger partial charge in [0, 0.05) is 23.3 Å². The number of phenolic OH excluding ortho intramolecular Hbond substituents is 1. The highest BCUT2D eigenvalue weighted by molar-refractivity contribution is 6.10. The molecule has 6 aromatic carbocycles. The molecule has 0 saturated carbocycles. The van der Waals surface area contributed by atoms with Crippen LogP contribution in [0.5, 0.6) is 28.7 Å².